The zero-order valence-electron chi connectivity index (χ0n) is 19.6. The first-order chi connectivity index (χ1) is 15.9. The minimum absolute atomic E-state index is 0.0667. The number of methoxy groups -OCH3 is 2. The maximum absolute atomic E-state index is 12.6. The van der Waals surface area contributed by atoms with E-state index in [4.69, 9.17) is 14.2 Å². The Bertz CT molecular complexity index is 942. The summed E-state index contributed by atoms with van der Waals surface area (Å²) in [5, 5.41) is 5.39. The monoisotopic (exact) mass is 456 g/mol. The molecule has 0 spiro atoms. The van der Waals surface area contributed by atoms with Crippen molar-refractivity contribution in [1.29, 1.82) is 0 Å². The maximum atomic E-state index is 12.6. The fraction of sp³-hybridized carbons (Fsp3) is 0.417. The molecule has 9 nitrogen and oxygen atoms in total. The van der Waals surface area contributed by atoms with E-state index in [9.17, 15) is 9.59 Å². The molecule has 33 heavy (non-hydrogen) atoms. The minimum atomic E-state index is -0.745. The molecule has 1 saturated heterocycles. The lowest BCUT2D eigenvalue weighted by molar-refractivity contribution is -0.136. The van der Waals surface area contributed by atoms with Crippen LogP contribution in [0.2, 0.25) is 0 Å². The molecule has 0 unspecified atom stereocenters. The first kappa shape index (κ1) is 24.3. The molecule has 3 rings (SSSR count). The van der Waals surface area contributed by atoms with Crippen LogP contribution in [-0.4, -0.2) is 77.9 Å². The predicted molar refractivity (Wildman–Crippen MR) is 127 cm³/mol. The molecule has 2 N–H and O–H groups in total. The summed E-state index contributed by atoms with van der Waals surface area (Å²) < 4.78 is 15.9. The summed E-state index contributed by atoms with van der Waals surface area (Å²) >= 11 is 0. The van der Waals surface area contributed by atoms with Crippen molar-refractivity contribution < 1.29 is 23.8 Å². The first-order valence-electron chi connectivity index (χ1n) is 10.8. The SMILES string of the molecule is COc1ccc(NC(=O)C(=O)NC[C@H](c2ccc(N(C)C)cc2)N2CCOCC2)cc1OC. The number of carbonyl (C=O) groups excluding carboxylic acids is 2. The van der Waals surface area contributed by atoms with Crippen LogP contribution in [0.15, 0.2) is 42.5 Å². The van der Waals surface area contributed by atoms with Crippen molar-refractivity contribution in [1.82, 2.24) is 10.2 Å². The number of nitrogens with zero attached hydrogens (tertiary/aromatic N) is 2. The highest BCUT2D eigenvalue weighted by Gasteiger charge is 2.25. The van der Waals surface area contributed by atoms with Gasteiger partial charge in [0.05, 0.1) is 33.5 Å². The van der Waals surface area contributed by atoms with Gasteiger partial charge in [0.1, 0.15) is 0 Å². The van der Waals surface area contributed by atoms with E-state index in [0.29, 0.717) is 36.9 Å². The molecular weight excluding hydrogens is 424 g/mol. The zero-order chi connectivity index (χ0) is 23.8. The van der Waals surface area contributed by atoms with Gasteiger partial charge in [-0.05, 0) is 29.8 Å². The van der Waals surface area contributed by atoms with Crippen LogP contribution in [0.25, 0.3) is 0 Å². The molecular formula is C24H32N4O5. The molecule has 0 radical (unpaired) electrons. The third-order valence-electron chi connectivity index (χ3n) is 5.58. The van der Waals surface area contributed by atoms with Gasteiger partial charge in [-0.15, -0.1) is 0 Å². The first-order valence-corrected chi connectivity index (χ1v) is 10.8. The summed E-state index contributed by atoms with van der Waals surface area (Å²) in [5.74, 6) is -0.447. The summed E-state index contributed by atoms with van der Waals surface area (Å²) in [4.78, 5) is 29.3. The molecule has 0 bridgehead atoms. The average Bonchev–Trinajstić information content (AvgIpc) is 2.84. The standard InChI is InChI=1S/C24H32N4O5/c1-27(2)19-8-5-17(6-9-19)20(28-11-13-33-14-12-28)16-25-23(29)24(30)26-18-7-10-21(31-3)22(15-18)32-4/h5-10,15,20H,11-14,16H2,1-4H3,(H,25,29)(H,26,30)/t20-/m1/s1. The zero-order valence-corrected chi connectivity index (χ0v) is 19.6. The van der Waals surface area contributed by atoms with Crippen LogP contribution in [-0.2, 0) is 14.3 Å². The number of carbonyl (C=O) groups is 2. The van der Waals surface area contributed by atoms with Crippen molar-refractivity contribution in [3.63, 3.8) is 0 Å². The van der Waals surface area contributed by atoms with Crippen molar-refractivity contribution in [2.45, 2.75) is 6.04 Å². The van der Waals surface area contributed by atoms with Crippen molar-refractivity contribution in [2.24, 2.45) is 0 Å². The quantitative estimate of drug-likeness (QED) is 0.586. The topological polar surface area (TPSA) is 92.4 Å². The number of amides is 2. The second kappa shape index (κ2) is 11.5. The van der Waals surface area contributed by atoms with E-state index < -0.39 is 11.8 Å². The largest absolute Gasteiger partial charge is 0.493 e. The number of hydrogen-bond acceptors (Lipinski definition) is 7. The van der Waals surface area contributed by atoms with Crippen molar-refractivity contribution >= 4 is 23.2 Å². The molecule has 1 heterocycles. The summed E-state index contributed by atoms with van der Waals surface area (Å²) in [5.41, 5.74) is 2.61. The number of anilines is 2. The molecule has 2 aromatic carbocycles. The predicted octanol–water partition coefficient (Wildman–Crippen LogP) is 1.90. The lowest BCUT2D eigenvalue weighted by Crippen LogP contribution is -2.45. The Morgan fingerprint density at radius 2 is 1.67 bits per heavy atom. The van der Waals surface area contributed by atoms with E-state index >= 15 is 0 Å². The number of ether oxygens (including phenoxy) is 3. The third kappa shape index (κ3) is 6.36. The van der Waals surface area contributed by atoms with Gasteiger partial charge >= 0.3 is 11.8 Å². The number of morpholine rings is 1. The van der Waals surface area contributed by atoms with E-state index in [1.54, 1.807) is 18.2 Å². The van der Waals surface area contributed by atoms with E-state index in [1.165, 1.54) is 14.2 Å². The molecule has 2 aromatic rings. The highest BCUT2D eigenvalue weighted by molar-refractivity contribution is 6.39. The molecule has 178 valence electrons. The van der Waals surface area contributed by atoms with Crippen molar-refractivity contribution in [3.05, 3.63) is 48.0 Å². The van der Waals surface area contributed by atoms with Crippen LogP contribution in [0.1, 0.15) is 11.6 Å². The summed E-state index contributed by atoms with van der Waals surface area (Å²) in [6.45, 7) is 3.10. The van der Waals surface area contributed by atoms with Crippen LogP contribution < -0.4 is 25.0 Å². The minimum Gasteiger partial charge on any atom is -0.493 e. The number of rotatable bonds is 8. The van der Waals surface area contributed by atoms with Crippen molar-refractivity contribution in [3.8, 4) is 11.5 Å². The Morgan fingerprint density at radius 1 is 1.00 bits per heavy atom. The van der Waals surface area contributed by atoms with Gasteiger partial charge in [0, 0.05) is 51.2 Å². The Morgan fingerprint density at radius 3 is 2.27 bits per heavy atom. The average molecular weight is 457 g/mol. The van der Waals surface area contributed by atoms with E-state index in [2.05, 4.69) is 27.7 Å². The Hall–Kier alpha value is -3.30. The summed E-state index contributed by atoms with van der Waals surface area (Å²) in [6.07, 6.45) is 0. The van der Waals surface area contributed by atoms with Gasteiger partial charge in [0.25, 0.3) is 0 Å². The normalized spacial score (nSPS) is 14.8. The summed E-state index contributed by atoms with van der Waals surface area (Å²) in [7, 11) is 7.02. The maximum Gasteiger partial charge on any atom is 0.313 e. The van der Waals surface area contributed by atoms with Crippen molar-refractivity contribution in [2.75, 3.05) is 71.4 Å². The van der Waals surface area contributed by atoms with Crippen LogP contribution >= 0.6 is 0 Å². The van der Waals surface area contributed by atoms with Gasteiger partial charge in [-0.3, -0.25) is 14.5 Å². The van der Waals surface area contributed by atoms with Gasteiger partial charge in [0.15, 0.2) is 11.5 Å². The van der Waals surface area contributed by atoms with Crippen LogP contribution in [0.5, 0.6) is 11.5 Å². The second-order valence-corrected chi connectivity index (χ2v) is 7.88. The molecule has 0 aromatic heterocycles. The second-order valence-electron chi connectivity index (χ2n) is 7.88. The van der Waals surface area contributed by atoms with E-state index in [0.717, 1.165) is 24.3 Å². The Kier molecular flexibility index (Phi) is 8.51. The highest BCUT2D eigenvalue weighted by Crippen LogP contribution is 2.29. The number of nitrogens with one attached hydrogen (secondary N) is 2. The Labute approximate surface area is 194 Å². The van der Waals surface area contributed by atoms with Gasteiger partial charge in [-0.25, -0.2) is 0 Å². The van der Waals surface area contributed by atoms with Crippen LogP contribution in [0, 0.1) is 0 Å². The highest BCUT2D eigenvalue weighted by atomic mass is 16.5. The van der Waals surface area contributed by atoms with Gasteiger partial charge in [0.2, 0.25) is 0 Å². The molecule has 2 amide bonds. The number of hydrogen-bond donors (Lipinski definition) is 2. The Balaban J connectivity index is 1.66. The van der Waals surface area contributed by atoms with Gasteiger partial charge < -0.3 is 29.7 Å². The molecule has 1 fully saturated rings. The van der Waals surface area contributed by atoms with Gasteiger partial charge in [-0.1, -0.05) is 12.1 Å². The third-order valence-corrected chi connectivity index (χ3v) is 5.58. The van der Waals surface area contributed by atoms with Crippen LogP contribution in [0.4, 0.5) is 11.4 Å². The molecule has 0 aliphatic carbocycles. The molecule has 1 atom stereocenters. The fourth-order valence-electron chi connectivity index (χ4n) is 3.71. The molecule has 0 saturated carbocycles. The number of benzene rings is 2. The fourth-order valence-corrected chi connectivity index (χ4v) is 3.71. The molecule has 1 aliphatic rings. The molecule has 1 aliphatic heterocycles. The molecule has 9 heteroatoms. The van der Waals surface area contributed by atoms with Gasteiger partial charge in [-0.2, -0.15) is 0 Å². The lowest BCUT2D eigenvalue weighted by atomic mass is 10.0. The van der Waals surface area contributed by atoms with Crippen LogP contribution in [0.3, 0.4) is 0 Å². The summed E-state index contributed by atoms with van der Waals surface area (Å²) in [6, 6.07) is 13.1. The lowest BCUT2D eigenvalue weighted by Gasteiger charge is -2.35. The van der Waals surface area contributed by atoms with E-state index in [1.807, 2.05) is 31.1 Å². The van der Waals surface area contributed by atoms with E-state index in [-0.39, 0.29) is 6.04 Å². The smallest absolute Gasteiger partial charge is 0.313 e.